The van der Waals surface area contributed by atoms with E-state index in [0.29, 0.717) is 5.69 Å². The van der Waals surface area contributed by atoms with Crippen LogP contribution >= 0.6 is 11.3 Å². The minimum atomic E-state index is -2.36. The molecule has 1 amide bonds. The zero-order chi connectivity index (χ0) is 29.4. The molecule has 6 heteroatoms. The van der Waals surface area contributed by atoms with Crippen LogP contribution in [-0.4, -0.2) is 16.0 Å². The highest BCUT2D eigenvalue weighted by Gasteiger charge is 2.08. The first-order chi connectivity index (χ1) is 18.1. The number of nitrogens with two attached hydrogens (primary N) is 1. The average molecular weight is 420 g/mol. The lowest BCUT2D eigenvalue weighted by atomic mass is 10.0. The minimum Gasteiger partial charge on any atom is -0.388 e. The van der Waals surface area contributed by atoms with Crippen molar-refractivity contribution in [3.8, 4) is 0 Å². The molecule has 0 unspecified atom stereocenters. The number of aromatic nitrogens is 1. The van der Waals surface area contributed by atoms with Crippen molar-refractivity contribution in [2.24, 2.45) is 0 Å². The Balaban J connectivity index is 1.79. The third kappa shape index (κ3) is 6.69. The number of aliphatic hydroxyl groups is 1. The molecule has 1 atom stereocenters. The molecule has 0 radical (unpaired) electrons. The van der Waals surface area contributed by atoms with Crippen molar-refractivity contribution in [3.63, 3.8) is 0 Å². The summed E-state index contributed by atoms with van der Waals surface area (Å²) in [6.45, 7) is 1.44. The van der Waals surface area contributed by atoms with Crippen LogP contribution in [0.3, 0.4) is 0 Å². The van der Waals surface area contributed by atoms with E-state index in [2.05, 4.69) is 10.3 Å². The van der Waals surface area contributed by atoms with E-state index < -0.39 is 53.8 Å². The van der Waals surface area contributed by atoms with Gasteiger partial charge in [-0.2, -0.15) is 0 Å². The van der Waals surface area contributed by atoms with Crippen LogP contribution < -0.4 is 11.1 Å². The fourth-order valence-corrected chi connectivity index (χ4v) is 2.98. The maximum Gasteiger partial charge on any atom is 0.230 e. The van der Waals surface area contributed by atoms with Crippen LogP contribution in [0.25, 0.3) is 0 Å². The molecule has 0 fully saturated rings. The number of thiazole rings is 1. The van der Waals surface area contributed by atoms with E-state index >= 15 is 0 Å². The van der Waals surface area contributed by atoms with Gasteiger partial charge in [0.05, 0.1) is 29.2 Å². The molecule has 5 nitrogen and oxygen atoms in total. The molecule has 152 valence electrons. The summed E-state index contributed by atoms with van der Waals surface area (Å²) in [5.74, 6) is -0.642. The van der Waals surface area contributed by atoms with Gasteiger partial charge in [0.2, 0.25) is 5.91 Å². The molecule has 0 saturated carbocycles. The summed E-state index contributed by atoms with van der Waals surface area (Å²) in [7, 11) is 0. The van der Waals surface area contributed by atoms with Crippen LogP contribution in [0, 0.1) is 6.92 Å². The number of nitrogens with zero attached hydrogens (tertiary/aromatic N) is 1. The molecule has 1 aromatic heterocycles. The highest BCUT2D eigenvalue weighted by molar-refractivity contribution is 7.13. The molecular weight excluding hydrogens is 382 g/mol. The number of anilines is 2. The number of nitrogens with one attached hydrogen (secondary N) is 1. The number of benzene rings is 2. The summed E-state index contributed by atoms with van der Waals surface area (Å²) in [4.78, 5) is 16.4. The normalized spacial score (nSPS) is 17.3. The summed E-state index contributed by atoms with van der Waals surface area (Å²) in [6.07, 6.45) is -4.46. The maximum atomic E-state index is 12.4. The Bertz CT molecular complexity index is 1370. The molecular formula is C23H27N3O2S. The monoisotopic (exact) mass is 419 g/mol. The first-order valence-corrected chi connectivity index (χ1v) is 9.81. The minimum absolute atomic E-state index is 0.0314. The standard InChI is InChI=1S/C23H27N3O2S/c1-16-6-10-18(11-7-16)21(27)5-3-2-4-17-8-12-19(13-9-17)25-22(28)14-20-15-29-23(24)26-20/h6-13,15,21,27H,2-5,14H2,1H3,(H2,24,26)(H,25,28)/t21-/m0/s1/i4D2,6D,7D,8D,9D,10D,11D,12D,13D. The lowest BCUT2D eigenvalue weighted by Gasteiger charge is -2.11. The van der Waals surface area contributed by atoms with Gasteiger partial charge in [-0.05, 0) is 49.4 Å². The van der Waals surface area contributed by atoms with Crippen LogP contribution in [0.1, 0.15) is 61.5 Å². The predicted molar refractivity (Wildman–Crippen MR) is 119 cm³/mol. The van der Waals surface area contributed by atoms with Crippen LogP contribution in [-0.2, 0) is 17.6 Å². The summed E-state index contributed by atoms with van der Waals surface area (Å²) in [6, 6.07) is -3.85. The SMILES string of the molecule is [2H]c1c([2H])c([C@@H](O)CCCC([2H])([2H])c2c([2H])c([2H])c(NC(=O)Cc3csc(N)n3)c([2H])c2[2H])c([2H])c([2H])c1C. The molecule has 2 aromatic carbocycles. The smallest absolute Gasteiger partial charge is 0.230 e. The molecule has 1 heterocycles. The molecule has 0 aliphatic rings. The molecule has 0 bridgehead atoms. The number of carbonyl (C=O) groups is 1. The number of aliphatic hydroxyl groups excluding tert-OH is 1. The lowest BCUT2D eigenvalue weighted by molar-refractivity contribution is -0.115. The van der Waals surface area contributed by atoms with Crippen LogP contribution in [0.4, 0.5) is 10.8 Å². The summed E-state index contributed by atoms with van der Waals surface area (Å²) >= 11 is 1.14. The molecule has 4 N–H and O–H groups in total. The van der Waals surface area contributed by atoms with Crippen molar-refractivity contribution in [2.45, 2.75) is 45.1 Å². The number of carbonyl (C=O) groups excluding carboxylic acids is 1. The summed E-state index contributed by atoms with van der Waals surface area (Å²) < 4.78 is 82.2. The topological polar surface area (TPSA) is 88.2 Å². The van der Waals surface area contributed by atoms with Gasteiger partial charge in [-0.15, -0.1) is 11.3 Å². The Hall–Kier alpha value is -2.70. The fourth-order valence-electron chi connectivity index (χ4n) is 2.42. The van der Waals surface area contributed by atoms with Crippen LogP contribution in [0.5, 0.6) is 0 Å². The molecule has 0 aliphatic carbocycles. The number of rotatable bonds is 9. The van der Waals surface area contributed by atoms with Gasteiger partial charge in [-0.25, -0.2) is 4.98 Å². The maximum absolute atomic E-state index is 12.4. The number of amides is 1. The Morgan fingerprint density at radius 3 is 2.62 bits per heavy atom. The molecule has 0 aliphatic heterocycles. The van der Waals surface area contributed by atoms with Crippen LogP contribution in [0.2, 0.25) is 0 Å². The van der Waals surface area contributed by atoms with Gasteiger partial charge < -0.3 is 16.2 Å². The molecule has 3 rings (SSSR count). The Morgan fingerprint density at radius 2 is 1.97 bits per heavy atom. The third-order valence-electron chi connectivity index (χ3n) is 3.86. The fraction of sp³-hybridized carbons (Fsp3) is 0.304. The second-order valence-corrected chi connectivity index (χ2v) is 7.17. The molecule has 29 heavy (non-hydrogen) atoms. The van der Waals surface area contributed by atoms with Crippen molar-refractivity contribution in [3.05, 3.63) is 76.1 Å². The highest BCUT2D eigenvalue weighted by Crippen LogP contribution is 2.21. The van der Waals surface area contributed by atoms with Crippen molar-refractivity contribution < 1.29 is 23.6 Å². The highest BCUT2D eigenvalue weighted by atomic mass is 32.1. The number of nitrogen functional groups attached to an aromatic ring is 1. The van der Waals surface area contributed by atoms with Crippen molar-refractivity contribution in [1.29, 1.82) is 0 Å². The molecule has 3 aromatic rings. The third-order valence-corrected chi connectivity index (χ3v) is 4.58. The van der Waals surface area contributed by atoms with E-state index in [1.165, 1.54) is 6.92 Å². The molecule has 0 saturated heterocycles. The van der Waals surface area contributed by atoms with Gasteiger partial charge in [0.15, 0.2) is 5.13 Å². The van der Waals surface area contributed by atoms with Gasteiger partial charge in [-0.1, -0.05) is 48.2 Å². The van der Waals surface area contributed by atoms with E-state index in [1.54, 1.807) is 5.38 Å². The van der Waals surface area contributed by atoms with E-state index in [1.807, 2.05) is 0 Å². The van der Waals surface area contributed by atoms with Crippen molar-refractivity contribution in [1.82, 2.24) is 4.98 Å². The van der Waals surface area contributed by atoms with E-state index in [0.717, 1.165) is 11.3 Å². The quantitative estimate of drug-likeness (QED) is 0.471. The number of hydrogen-bond acceptors (Lipinski definition) is 5. The van der Waals surface area contributed by atoms with Gasteiger partial charge in [0.1, 0.15) is 0 Å². The summed E-state index contributed by atoms with van der Waals surface area (Å²) in [5.41, 5.74) is 4.98. The first-order valence-electron chi connectivity index (χ1n) is 13.9. The summed E-state index contributed by atoms with van der Waals surface area (Å²) in [5, 5.41) is 14.8. The van der Waals surface area contributed by atoms with E-state index in [-0.39, 0.29) is 66.1 Å². The largest absolute Gasteiger partial charge is 0.388 e. The Kier molecular flexibility index (Phi) is 4.03. The predicted octanol–water partition coefficient (Wildman–Crippen LogP) is 4.66. The lowest BCUT2D eigenvalue weighted by Crippen LogP contribution is -2.14. The van der Waals surface area contributed by atoms with Gasteiger partial charge in [0.25, 0.3) is 0 Å². The Labute approximate surface area is 189 Å². The first kappa shape index (κ1) is 11.5. The zero-order valence-electron chi connectivity index (χ0n) is 25.8. The van der Waals surface area contributed by atoms with Crippen molar-refractivity contribution >= 4 is 28.1 Å². The van der Waals surface area contributed by atoms with Crippen LogP contribution in [0.15, 0.2) is 53.7 Å². The second kappa shape index (κ2) is 10.2. The molecule has 0 spiro atoms. The second-order valence-electron chi connectivity index (χ2n) is 6.28. The van der Waals surface area contributed by atoms with E-state index in [4.69, 9.17) is 19.4 Å². The van der Waals surface area contributed by atoms with Gasteiger partial charge >= 0.3 is 0 Å². The number of hydrogen-bond donors (Lipinski definition) is 3. The average Bonchev–Trinajstić information content (AvgIpc) is 3.27. The van der Waals surface area contributed by atoms with Gasteiger partial charge in [-0.3, -0.25) is 4.79 Å². The zero-order valence-corrected chi connectivity index (χ0v) is 16.6. The van der Waals surface area contributed by atoms with Crippen molar-refractivity contribution in [2.75, 3.05) is 11.1 Å². The van der Waals surface area contributed by atoms with E-state index in [9.17, 15) is 9.90 Å². The van der Waals surface area contributed by atoms with Gasteiger partial charge in [0, 0.05) is 13.8 Å². The Morgan fingerprint density at radius 1 is 1.24 bits per heavy atom.